The van der Waals surface area contributed by atoms with E-state index >= 15 is 0 Å². The maximum atomic E-state index is 5.85. The summed E-state index contributed by atoms with van der Waals surface area (Å²) in [6, 6.07) is 8.09. The number of aromatic nitrogens is 4. The molecule has 1 fully saturated rings. The fourth-order valence-corrected chi connectivity index (χ4v) is 3.18. The third-order valence-corrected chi connectivity index (χ3v) is 4.50. The predicted octanol–water partition coefficient (Wildman–Crippen LogP) is 2.63. The first-order valence-corrected chi connectivity index (χ1v) is 8.30. The van der Waals surface area contributed by atoms with Gasteiger partial charge in [-0.05, 0) is 31.4 Å². The van der Waals surface area contributed by atoms with Crippen molar-refractivity contribution in [2.75, 3.05) is 36.1 Å². The fourth-order valence-electron chi connectivity index (χ4n) is 3.18. The zero-order chi connectivity index (χ0) is 16.5. The summed E-state index contributed by atoms with van der Waals surface area (Å²) in [5, 5.41) is 11.0. The van der Waals surface area contributed by atoms with Gasteiger partial charge in [-0.25, -0.2) is 4.98 Å². The third-order valence-electron chi connectivity index (χ3n) is 4.50. The molecule has 4 N–H and O–H groups in total. The number of benzene rings is 1. The van der Waals surface area contributed by atoms with Crippen LogP contribution in [0.15, 0.2) is 24.3 Å². The maximum absolute atomic E-state index is 5.85. The summed E-state index contributed by atoms with van der Waals surface area (Å²) in [7, 11) is 1.85. The molecule has 1 aromatic carbocycles. The molecule has 4 rings (SSSR count). The molecule has 7 heteroatoms. The van der Waals surface area contributed by atoms with Gasteiger partial charge in [-0.1, -0.05) is 6.07 Å². The fraction of sp³-hybridized carbons (Fsp3) is 0.353. The molecule has 0 radical (unpaired) electrons. The molecule has 0 aliphatic carbocycles. The Balaban J connectivity index is 1.77. The molecule has 2 aromatic heterocycles. The monoisotopic (exact) mass is 323 g/mol. The van der Waals surface area contributed by atoms with Gasteiger partial charge in [0, 0.05) is 37.2 Å². The minimum atomic E-state index is 0.518. The second-order valence-corrected chi connectivity index (χ2v) is 6.10. The molecule has 1 aliphatic heterocycles. The average Bonchev–Trinajstić information content (AvgIpc) is 3.02. The number of hydrogen-bond acceptors (Lipinski definition) is 6. The summed E-state index contributed by atoms with van der Waals surface area (Å²) in [5.74, 6) is 2.13. The lowest BCUT2D eigenvalue weighted by Crippen LogP contribution is -2.30. The highest BCUT2D eigenvalue weighted by Crippen LogP contribution is 2.28. The Labute approximate surface area is 140 Å². The lowest BCUT2D eigenvalue weighted by atomic mass is 10.1. The van der Waals surface area contributed by atoms with E-state index in [-0.39, 0.29) is 0 Å². The Morgan fingerprint density at radius 3 is 2.75 bits per heavy atom. The molecular weight excluding hydrogens is 302 g/mol. The standard InChI is InChI=1S/C17H21N7/c1-19-17-20-13(10-15(21-17)24-7-3-2-4-8-24)11-5-6-12-14(9-11)22-23-16(12)18/h5-6,9-10H,2-4,7-8H2,1H3,(H3,18,22,23)(H,19,20,21). The molecule has 3 heterocycles. The van der Waals surface area contributed by atoms with Crippen molar-refractivity contribution >= 4 is 28.5 Å². The summed E-state index contributed by atoms with van der Waals surface area (Å²) in [4.78, 5) is 11.6. The van der Waals surface area contributed by atoms with Crippen LogP contribution in [0.4, 0.5) is 17.6 Å². The van der Waals surface area contributed by atoms with Crippen LogP contribution < -0.4 is 16.0 Å². The SMILES string of the molecule is CNc1nc(-c2ccc3c(N)n[nH]c3c2)cc(N2CCCCC2)n1. The predicted molar refractivity (Wildman–Crippen MR) is 97.1 cm³/mol. The second kappa shape index (κ2) is 5.99. The van der Waals surface area contributed by atoms with Gasteiger partial charge >= 0.3 is 0 Å². The Kier molecular flexibility index (Phi) is 3.68. The Bertz CT molecular complexity index is 865. The van der Waals surface area contributed by atoms with E-state index in [1.165, 1.54) is 19.3 Å². The van der Waals surface area contributed by atoms with Gasteiger partial charge in [0.05, 0.1) is 11.2 Å². The molecule has 0 amide bonds. The average molecular weight is 323 g/mol. The van der Waals surface area contributed by atoms with Crippen LogP contribution in [0.2, 0.25) is 0 Å². The van der Waals surface area contributed by atoms with Crippen LogP contribution in [-0.2, 0) is 0 Å². The van der Waals surface area contributed by atoms with Crippen molar-refractivity contribution in [2.45, 2.75) is 19.3 Å². The zero-order valence-corrected chi connectivity index (χ0v) is 13.7. The number of fused-ring (bicyclic) bond motifs is 1. The van der Waals surface area contributed by atoms with Gasteiger partial charge < -0.3 is 16.0 Å². The van der Waals surface area contributed by atoms with E-state index in [4.69, 9.17) is 5.73 Å². The van der Waals surface area contributed by atoms with E-state index < -0.39 is 0 Å². The molecule has 7 nitrogen and oxygen atoms in total. The van der Waals surface area contributed by atoms with Gasteiger partial charge in [0.2, 0.25) is 5.95 Å². The summed E-state index contributed by atoms with van der Waals surface area (Å²) >= 11 is 0. The molecule has 0 spiro atoms. The molecule has 0 atom stereocenters. The van der Waals surface area contributed by atoms with E-state index in [2.05, 4.69) is 36.4 Å². The van der Waals surface area contributed by atoms with Crippen LogP contribution >= 0.6 is 0 Å². The maximum Gasteiger partial charge on any atom is 0.224 e. The third kappa shape index (κ3) is 2.62. The Morgan fingerprint density at radius 2 is 1.96 bits per heavy atom. The van der Waals surface area contributed by atoms with Crippen molar-refractivity contribution in [3.8, 4) is 11.3 Å². The van der Waals surface area contributed by atoms with Crippen molar-refractivity contribution in [2.24, 2.45) is 0 Å². The van der Waals surface area contributed by atoms with Gasteiger partial charge in [0.25, 0.3) is 0 Å². The van der Waals surface area contributed by atoms with Gasteiger partial charge in [-0.2, -0.15) is 10.1 Å². The lowest BCUT2D eigenvalue weighted by Gasteiger charge is -2.28. The highest BCUT2D eigenvalue weighted by atomic mass is 15.2. The van der Waals surface area contributed by atoms with Crippen molar-refractivity contribution in [3.05, 3.63) is 24.3 Å². The second-order valence-electron chi connectivity index (χ2n) is 6.10. The number of aromatic amines is 1. The number of H-pyrrole nitrogens is 1. The zero-order valence-electron chi connectivity index (χ0n) is 13.7. The molecule has 24 heavy (non-hydrogen) atoms. The van der Waals surface area contributed by atoms with Gasteiger partial charge in [0.15, 0.2) is 5.82 Å². The molecular formula is C17H21N7. The van der Waals surface area contributed by atoms with Crippen molar-refractivity contribution in [3.63, 3.8) is 0 Å². The van der Waals surface area contributed by atoms with E-state index in [0.717, 1.165) is 41.1 Å². The van der Waals surface area contributed by atoms with Gasteiger partial charge in [-0.3, -0.25) is 5.10 Å². The summed E-state index contributed by atoms with van der Waals surface area (Å²) < 4.78 is 0. The first-order valence-electron chi connectivity index (χ1n) is 8.30. The van der Waals surface area contributed by atoms with Crippen LogP contribution in [0.5, 0.6) is 0 Å². The van der Waals surface area contributed by atoms with Crippen LogP contribution in [-0.4, -0.2) is 40.3 Å². The molecule has 0 saturated carbocycles. The molecule has 124 valence electrons. The van der Waals surface area contributed by atoms with Crippen LogP contribution in [0.3, 0.4) is 0 Å². The molecule has 1 aliphatic rings. The Hall–Kier alpha value is -2.83. The van der Waals surface area contributed by atoms with E-state index in [1.54, 1.807) is 0 Å². The van der Waals surface area contributed by atoms with Gasteiger partial charge in [0.1, 0.15) is 5.82 Å². The van der Waals surface area contributed by atoms with E-state index in [0.29, 0.717) is 11.8 Å². The number of nitrogens with zero attached hydrogens (tertiary/aromatic N) is 4. The van der Waals surface area contributed by atoms with E-state index in [1.807, 2.05) is 25.2 Å². The summed E-state index contributed by atoms with van der Waals surface area (Å²) in [6.45, 7) is 2.10. The number of hydrogen-bond donors (Lipinski definition) is 3. The number of nitrogens with two attached hydrogens (primary N) is 1. The number of nitrogens with one attached hydrogen (secondary N) is 2. The van der Waals surface area contributed by atoms with E-state index in [9.17, 15) is 0 Å². The topological polar surface area (TPSA) is 95.8 Å². The quantitative estimate of drug-likeness (QED) is 0.686. The normalized spacial score (nSPS) is 15.0. The largest absolute Gasteiger partial charge is 0.382 e. The number of nitrogen functional groups attached to an aromatic ring is 1. The van der Waals surface area contributed by atoms with Crippen molar-refractivity contribution in [1.29, 1.82) is 0 Å². The molecule has 0 unspecified atom stereocenters. The summed E-state index contributed by atoms with van der Waals surface area (Å²) in [5.41, 5.74) is 8.67. The minimum Gasteiger partial charge on any atom is -0.382 e. The van der Waals surface area contributed by atoms with Gasteiger partial charge in [-0.15, -0.1) is 0 Å². The summed E-state index contributed by atoms with van der Waals surface area (Å²) in [6.07, 6.45) is 3.73. The van der Waals surface area contributed by atoms with Crippen LogP contribution in [0.1, 0.15) is 19.3 Å². The number of anilines is 3. The number of rotatable bonds is 3. The first kappa shape index (κ1) is 14.7. The highest BCUT2D eigenvalue weighted by Gasteiger charge is 2.15. The molecule has 3 aromatic rings. The molecule has 1 saturated heterocycles. The van der Waals surface area contributed by atoms with Crippen LogP contribution in [0.25, 0.3) is 22.2 Å². The highest BCUT2D eigenvalue weighted by molar-refractivity contribution is 5.91. The smallest absolute Gasteiger partial charge is 0.224 e. The van der Waals surface area contributed by atoms with Crippen molar-refractivity contribution < 1.29 is 0 Å². The number of piperidine rings is 1. The van der Waals surface area contributed by atoms with Crippen LogP contribution in [0, 0.1) is 0 Å². The lowest BCUT2D eigenvalue weighted by molar-refractivity contribution is 0.573. The van der Waals surface area contributed by atoms with Crippen molar-refractivity contribution in [1.82, 2.24) is 20.2 Å². The first-order chi connectivity index (χ1) is 11.7. The molecule has 0 bridgehead atoms. The Morgan fingerprint density at radius 1 is 1.12 bits per heavy atom. The minimum absolute atomic E-state index is 0.518.